The van der Waals surface area contributed by atoms with Gasteiger partial charge in [-0.3, -0.25) is 19.7 Å². The first-order valence-corrected chi connectivity index (χ1v) is 9.45. The van der Waals surface area contributed by atoms with Crippen molar-refractivity contribution in [3.05, 3.63) is 29.8 Å². The van der Waals surface area contributed by atoms with Gasteiger partial charge in [0.25, 0.3) is 0 Å². The molecule has 5 atom stereocenters. The molecule has 0 spiro atoms. The highest BCUT2D eigenvalue weighted by atomic mass is 16.7. The summed E-state index contributed by atoms with van der Waals surface area (Å²) in [5.74, 6) is -2.14. The second-order valence-corrected chi connectivity index (χ2v) is 6.82. The molecule has 1 fully saturated rings. The van der Waals surface area contributed by atoms with Crippen LogP contribution in [0.3, 0.4) is 0 Å². The summed E-state index contributed by atoms with van der Waals surface area (Å²) in [5, 5.41) is 11.6. The maximum atomic E-state index is 12.4. The quantitative estimate of drug-likeness (QED) is 0.490. The standard InChI is InChI=1S/C20H25NO10/c1-10-16(28-11(2)23)17(29-12(3)24)18(30-13(4)25)19(27-10)31-20(26)21-15-7-5-14(9-22)6-8-15/h5-8,10,16-19,22H,9H2,1-4H3,(H,21,26)/t10-,16+,17+,18-,19-/m0/s1. The highest BCUT2D eigenvalue weighted by Gasteiger charge is 2.52. The molecule has 2 rings (SSSR count). The van der Waals surface area contributed by atoms with Crippen molar-refractivity contribution in [1.82, 2.24) is 0 Å². The summed E-state index contributed by atoms with van der Waals surface area (Å²) in [7, 11) is 0. The van der Waals surface area contributed by atoms with E-state index >= 15 is 0 Å². The molecule has 0 radical (unpaired) electrons. The smallest absolute Gasteiger partial charge is 0.414 e. The fourth-order valence-corrected chi connectivity index (χ4v) is 3.01. The fourth-order valence-electron chi connectivity index (χ4n) is 3.01. The van der Waals surface area contributed by atoms with E-state index in [-0.39, 0.29) is 6.61 Å². The summed E-state index contributed by atoms with van der Waals surface area (Å²) in [6.07, 6.45) is -6.99. The Labute approximate surface area is 178 Å². The highest BCUT2D eigenvalue weighted by molar-refractivity contribution is 5.84. The Hall–Kier alpha value is -3.18. The molecule has 0 bridgehead atoms. The largest absolute Gasteiger partial charge is 0.456 e. The Bertz CT molecular complexity index is 809. The van der Waals surface area contributed by atoms with Gasteiger partial charge in [-0.25, -0.2) is 4.79 Å². The van der Waals surface area contributed by atoms with E-state index in [2.05, 4.69) is 5.32 Å². The zero-order valence-electron chi connectivity index (χ0n) is 17.5. The molecule has 1 heterocycles. The molecule has 1 aliphatic rings. The van der Waals surface area contributed by atoms with Gasteiger partial charge in [-0.2, -0.15) is 0 Å². The number of carbonyl (C=O) groups excluding carboxylic acids is 4. The Kier molecular flexibility index (Phi) is 8.34. The van der Waals surface area contributed by atoms with Crippen molar-refractivity contribution in [2.45, 2.75) is 65.0 Å². The van der Waals surface area contributed by atoms with Crippen LogP contribution in [0.1, 0.15) is 33.3 Å². The van der Waals surface area contributed by atoms with E-state index in [4.69, 9.17) is 28.8 Å². The van der Waals surface area contributed by atoms with Gasteiger partial charge in [0.15, 0.2) is 12.2 Å². The minimum absolute atomic E-state index is 0.149. The van der Waals surface area contributed by atoms with Crippen LogP contribution in [0.5, 0.6) is 0 Å². The summed E-state index contributed by atoms with van der Waals surface area (Å²) in [4.78, 5) is 47.1. The van der Waals surface area contributed by atoms with Gasteiger partial charge in [-0.15, -0.1) is 0 Å². The van der Waals surface area contributed by atoms with Crippen molar-refractivity contribution in [3.8, 4) is 0 Å². The minimum Gasteiger partial charge on any atom is -0.456 e. The first-order chi connectivity index (χ1) is 14.6. The molecule has 1 aromatic carbocycles. The lowest BCUT2D eigenvalue weighted by atomic mass is 9.99. The van der Waals surface area contributed by atoms with Crippen LogP contribution in [0.25, 0.3) is 0 Å². The zero-order valence-corrected chi connectivity index (χ0v) is 17.5. The van der Waals surface area contributed by atoms with E-state index in [1.54, 1.807) is 24.3 Å². The van der Waals surface area contributed by atoms with E-state index in [0.717, 1.165) is 20.8 Å². The SMILES string of the molecule is CC(=O)O[C@H]1[C@H](OC(C)=O)[C@H](OC(=O)Nc2ccc(CO)cc2)O[C@@H](C)[C@H]1OC(C)=O. The number of hydrogen-bond acceptors (Lipinski definition) is 10. The number of benzene rings is 1. The zero-order chi connectivity index (χ0) is 23.1. The monoisotopic (exact) mass is 439 g/mol. The molecule has 0 unspecified atom stereocenters. The van der Waals surface area contributed by atoms with Gasteiger partial charge >= 0.3 is 24.0 Å². The van der Waals surface area contributed by atoms with Gasteiger partial charge in [0.1, 0.15) is 0 Å². The second-order valence-electron chi connectivity index (χ2n) is 6.82. The van der Waals surface area contributed by atoms with Crippen LogP contribution in [-0.4, -0.2) is 59.8 Å². The van der Waals surface area contributed by atoms with Crippen LogP contribution in [-0.2, 0) is 44.7 Å². The van der Waals surface area contributed by atoms with Crippen LogP contribution in [0.4, 0.5) is 10.5 Å². The van der Waals surface area contributed by atoms with Crippen molar-refractivity contribution < 1.29 is 48.0 Å². The van der Waals surface area contributed by atoms with Crippen molar-refractivity contribution in [2.75, 3.05) is 5.32 Å². The Balaban J connectivity index is 2.21. The van der Waals surface area contributed by atoms with Gasteiger partial charge < -0.3 is 28.8 Å². The average molecular weight is 439 g/mol. The number of aliphatic hydroxyl groups excluding tert-OH is 1. The van der Waals surface area contributed by atoms with Crippen LogP contribution in [0.2, 0.25) is 0 Å². The van der Waals surface area contributed by atoms with Gasteiger partial charge in [0.05, 0.1) is 12.7 Å². The average Bonchev–Trinajstić information content (AvgIpc) is 2.67. The number of rotatable bonds is 6. The van der Waals surface area contributed by atoms with Gasteiger partial charge in [-0.1, -0.05) is 12.1 Å². The first kappa shape index (κ1) is 24.1. The summed E-state index contributed by atoms with van der Waals surface area (Å²) in [6.45, 7) is 4.79. The molecular weight excluding hydrogens is 414 g/mol. The number of hydrogen-bond donors (Lipinski definition) is 2. The van der Waals surface area contributed by atoms with Crippen molar-refractivity contribution in [3.63, 3.8) is 0 Å². The maximum Gasteiger partial charge on any atom is 0.414 e. The molecule has 0 aromatic heterocycles. The van der Waals surface area contributed by atoms with Crippen molar-refractivity contribution in [1.29, 1.82) is 0 Å². The first-order valence-electron chi connectivity index (χ1n) is 9.45. The maximum absolute atomic E-state index is 12.4. The van der Waals surface area contributed by atoms with Gasteiger partial charge in [0.2, 0.25) is 12.4 Å². The number of esters is 3. The molecule has 1 saturated heterocycles. The fraction of sp³-hybridized carbons (Fsp3) is 0.500. The van der Waals surface area contributed by atoms with Gasteiger partial charge in [0, 0.05) is 26.5 Å². The number of nitrogens with one attached hydrogen (secondary N) is 1. The third-order valence-electron chi connectivity index (χ3n) is 4.24. The lowest BCUT2D eigenvalue weighted by Gasteiger charge is -2.42. The number of amides is 1. The Morgan fingerprint density at radius 1 is 0.871 bits per heavy atom. The predicted octanol–water partition coefficient (Wildman–Crippen LogP) is 1.27. The van der Waals surface area contributed by atoms with E-state index in [9.17, 15) is 19.2 Å². The molecule has 11 nitrogen and oxygen atoms in total. The molecule has 2 N–H and O–H groups in total. The molecule has 11 heteroatoms. The molecule has 1 amide bonds. The summed E-state index contributed by atoms with van der Waals surface area (Å²) in [5.41, 5.74) is 1.03. The molecule has 1 aliphatic heterocycles. The molecule has 170 valence electrons. The predicted molar refractivity (Wildman–Crippen MR) is 103 cm³/mol. The van der Waals surface area contributed by atoms with E-state index in [0.29, 0.717) is 11.3 Å². The van der Waals surface area contributed by atoms with Crippen LogP contribution >= 0.6 is 0 Å². The van der Waals surface area contributed by atoms with Crippen LogP contribution < -0.4 is 5.32 Å². The minimum atomic E-state index is -1.45. The Morgan fingerprint density at radius 3 is 1.90 bits per heavy atom. The highest BCUT2D eigenvalue weighted by Crippen LogP contribution is 2.29. The van der Waals surface area contributed by atoms with Gasteiger partial charge in [-0.05, 0) is 24.6 Å². The molecule has 31 heavy (non-hydrogen) atoms. The lowest BCUT2D eigenvalue weighted by Crippen LogP contribution is -2.61. The summed E-state index contributed by atoms with van der Waals surface area (Å²) >= 11 is 0. The van der Waals surface area contributed by atoms with Crippen molar-refractivity contribution in [2.24, 2.45) is 0 Å². The van der Waals surface area contributed by atoms with Crippen molar-refractivity contribution >= 4 is 29.7 Å². The van der Waals surface area contributed by atoms with E-state index < -0.39 is 54.7 Å². The summed E-state index contributed by atoms with van der Waals surface area (Å²) < 4.78 is 26.5. The molecule has 0 aliphatic carbocycles. The number of aliphatic hydroxyl groups is 1. The summed E-state index contributed by atoms with van der Waals surface area (Å²) in [6, 6.07) is 6.33. The topological polar surface area (TPSA) is 147 Å². The lowest BCUT2D eigenvalue weighted by molar-refractivity contribution is -0.285. The molecular formula is C20H25NO10. The van der Waals surface area contributed by atoms with Crippen LogP contribution in [0, 0.1) is 0 Å². The normalized spacial score (nSPS) is 25.1. The molecule has 1 aromatic rings. The molecule has 0 saturated carbocycles. The number of anilines is 1. The third kappa shape index (κ3) is 6.93. The Morgan fingerprint density at radius 2 is 1.39 bits per heavy atom. The van der Waals surface area contributed by atoms with Crippen LogP contribution in [0.15, 0.2) is 24.3 Å². The van der Waals surface area contributed by atoms with E-state index in [1.807, 2.05) is 0 Å². The second kappa shape index (κ2) is 10.7. The third-order valence-corrected chi connectivity index (χ3v) is 4.24. The number of ether oxygens (including phenoxy) is 5. The number of carbonyl (C=O) groups is 4. The van der Waals surface area contributed by atoms with E-state index in [1.165, 1.54) is 6.92 Å².